The number of aromatic nitrogens is 1. The quantitative estimate of drug-likeness (QED) is 0.303. The highest BCUT2D eigenvalue weighted by molar-refractivity contribution is 7.06. The maximum Gasteiger partial charge on any atom is 0.427 e. The maximum atomic E-state index is 14.3. The summed E-state index contributed by atoms with van der Waals surface area (Å²) in [5.41, 5.74) is -1.95. The van der Waals surface area contributed by atoms with Gasteiger partial charge in [0.15, 0.2) is 23.7 Å². The lowest BCUT2D eigenvalue weighted by Gasteiger charge is -2.13. The second-order valence-electron chi connectivity index (χ2n) is 7.11. The van der Waals surface area contributed by atoms with Gasteiger partial charge in [-0.15, -0.1) is 0 Å². The van der Waals surface area contributed by atoms with Crippen LogP contribution in [0.1, 0.15) is 28.0 Å². The van der Waals surface area contributed by atoms with Crippen LogP contribution in [0.25, 0.3) is 11.3 Å². The zero-order valence-corrected chi connectivity index (χ0v) is 17.7. The van der Waals surface area contributed by atoms with E-state index in [0.717, 1.165) is 24.3 Å². The lowest BCUT2D eigenvalue weighted by atomic mass is 10.0. The van der Waals surface area contributed by atoms with Gasteiger partial charge in [0, 0.05) is 17.5 Å². The lowest BCUT2D eigenvalue weighted by Crippen LogP contribution is -2.10. The third kappa shape index (κ3) is 6.02. The van der Waals surface area contributed by atoms with Gasteiger partial charge in [-0.05, 0) is 47.8 Å². The number of aryl methyl sites for hydroxylation is 1. The molecular formula is C21H15F8NO3S. The van der Waals surface area contributed by atoms with Crippen molar-refractivity contribution in [2.24, 2.45) is 0 Å². The highest BCUT2D eigenvalue weighted by Crippen LogP contribution is 2.41. The predicted molar refractivity (Wildman–Crippen MR) is 105 cm³/mol. The van der Waals surface area contributed by atoms with Crippen LogP contribution in [0.15, 0.2) is 36.4 Å². The Bertz CT molecular complexity index is 1120. The molecule has 0 aliphatic rings. The van der Waals surface area contributed by atoms with Crippen LogP contribution in [0.3, 0.4) is 0 Å². The summed E-state index contributed by atoms with van der Waals surface area (Å²) in [4.78, 5) is -1.23. The van der Waals surface area contributed by atoms with Crippen LogP contribution in [0, 0.1) is 11.6 Å². The molecule has 1 aromatic heterocycles. The number of hydrogen-bond acceptors (Lipinski definition) is 5. The number of nitrogens with zero attached hydrogens (tertiary/aromatic N) is 1. The maximum absolute atomic E-state index is 14.3. The largest absolute Gasteiger partial charge is 0.483 e. The first kappa shape index (κ1) is 25.8. The molecule has 2 aromatic carbocycles. The summed E-state index contributed by atoms with van der Waals surface area (Å²) >= 11 is 0.0309. The van der Waals surface area contributed by atoms with Crippen molar-refractivity contribution in [1.29, 1.82) is 0 Å². The van der Waals surface area contributed by atoms with Gasteiger partial charge < -0.3 is 14.9 Å². The van der Waals surface area contributed by atoms with Crippen LogP contribution < -0.4 is 4.74 Å². The molecule has 184 valence electrons. The molecular weight excluding hydrogens is 498 g/mol. The van der Waals surface area contributed by atoms with Crippen LogP contribution in [0.5, 0.6) is 5.75 Å². The number of alkyl halides is 6. The zero-order valence-electron chi connectivity index (χ0n) is 16.8. The third-order valence-electron chi connectivity index (χ3n) is 4.64. The molecule has 0 amide bonds. The molecule has 0 radical (unpaired) electrons. The van der Waals surface area contributed by atoms with Crippen molar-refractivity contribution in [2.45, 2.75) is 38.1 Å². The summed E-state index contributed by atoms with van der Waals surface area (Å²) < 4.78 is 116. The molecule has 0 fully saturated rings. The highest BCUT2D eigenvalue weighted by atomic mass is 32.1. The number of aliphatic hydroxyl groups excluding tert-OH is 1. The average Bonchev–Trinajstić information content (AvgIpc) is 3.15. The third-order valence-corrected chi connectivity index (χ3v) is 5.58. The van der Waals surface area contributed by atoms with E-state index in [1.165, 1.54) is 0 Å². The van der Waals surface area contributed by atoms with Crippen molar-refractivity contribution < 1.29 is 50.1 Å². The van der Waals surface area contributed by atoms with Crippen molar-refractivity contribution in [3.8, 4) is 17.0 Å². The van der Waals surface area contributed by atoms with Crippen LogP contribution in [-0.2, 0) is 25.4 Å². The van der Waals surface area contributed by atoms with E-state index in [4.69, 9.17) is 14.9 Å². The van der Waals surface area contributed by atoms with Gasteiger partial charge in [-0.1, -0.05) is 12.1 Å². The first-order valence-corrected chi connectivity index (χ1v) is 10.2. The Morgan fingerprint density at radius 3 is 2.00 bits per heavy atom. The van der Waals surface area contributed by atoms with Crippen molar-refractivity contribution >= 4 is 11.5 Å². The summed E-state index contributed by atoms with van der Waals surface area (Å²) in [7, 11) is 0. The fourth-order valence-corrected chi connectivity index (χ4v) is 3.81. The van der Waals surface area contributed by atoms with Gasteiger partial charge in [-0.2, -0.15) is 30.7 Å². The Morgan fingerprint density at radius 2 is 1.50 bits per heavy atom. The number of ether oxygens (including phenoxy) is 1. The van der Waals surface area contributed by atoms with Crippen molar-refractivity contribution in [3.63, 3.8) is 0 Å². The van der Waals surface area contributed by atoms with E-state index in [9.17, 15) is 35.1 Å². The molecule has 34 heavy (non-hydrogen) atoms. The van der Waals surface area contributed by atoms with Gasteiger partial charge in [0.1, 0.15) is 11.5 Å². The minimum absolute atomic E-state index is 0.0309. The fourth-order valence-electron chi connectivity index (χ4n) is 3.04. The Morgan fingerprint density at radius 1 is 0.912 bits per heavy atom. The monoisotopic (exact) mass is 513 g/mol. The normalized spacial score (nSPS) is 12.4. The second-order valence-corrected chi connectivity index (χ2v) is 7.88. The van der Waals surface area contributed by atoms with Crippen LogP contribution >= 0.6 is 11.5 Å². The minimum Gasteiger partial charge on any atom is -0.483 e. The van der Waals surface area contributed by atoms with Crippen molar-refractivity contribution in [2.75, 3.05) is 0 Å². The van der Waals surface area contributed by atoms with Gasteiger partial charge in [-0.25, -0.2) is 8.78 Å². The summed E-state index contributed by atoms with van der Waals surface area (Å²) in [5, 5.41) is 17.7. The van der Waals surface area contributed by atoms with E-state index in [0.29, 0.717) is 12.1 Å². The predicted octanol–water partition coefficient (Wildman–Crippen LogP) is 5.95. The second kappa shape index (κ2) is 9.84. The van der Waals surface area contributed by atoms with Crippen LogP contribution in [0.2, 0.25) is 0 Å². The zero-order chi connectivity index (χ0) is 25.3. The fraction of sp³-hybridized carbons (Fsp3) is 0.286. The molecule has 0 saturated carbocycles. The number of hydrogen-bond donors (Lipinski definition) is 2. The number of benzene rings is 2. The minimum atomic E-state index is -4.90. The van der Waals surface area contributed by atoms with Crippen LogP contribution in [0.4, 0.5) is 35.1 Å². The van der Waals surface area contributed by atoms with Gasteiger partial charge in [0.25, 0.3) is 0 Å². The Labute approximate surface area is 191 Å². The smallest absolute Gasteiger partial charge is 0.427 e. The molecule has 4 nitrogen and oxygen atoms in total. The number of aliphatic hydroxyl groups is 2. The van der Waals surface area contributed by atoms with Gasteiger partial charge in [0.2, 0.25) is 0 Å². The topological polar surface area (TPSA) is 62.6 Å². The van der Waals surface area contributed by atoms with E-state index >= 15 is 0 Å². The summed E-state index contributed by atoms with van der Waals surface area (Å²) in [6.45, 7) is -0.968. The molecule has 0 aliphatic carbocycles. The first-order chi connectivity index (χ1) is 15.8. The molecule has 3 rings (SSSR count). The summed E-state index contributed by atoms with van der Waals surface area (Å²) in [5.74, 6) is -3.42. The lowest BCUT2D eigenvalue weighted by molar-refractivity contribution is -0.137. The van der Waals surface area contributed by atoms with Crippen LogP contribution in [-0.4, -0.2) is 20.9 Å². The summed E-state index contributed by atoms with van der Waals surface area (Å²) in [6.07, 6.45) is -11.5. The van der Waals surface area contributed by atoms with E-state index in [-0.39, 0.29) is 41.2 Å². The molecule has 13 heteroatoms. The van der Waals surface area contributed by atoms with E-state index in [1.54, 1.807) is 0 Å². The molecule has 0 aliphatic heterocycles. The van der Waals surface area contributed by atoms with Crippen molar-refractivity contribution in [3.05, 3.63) is 69.6 Å². The standard InChI is InChI=1S/C21H15F8NO3S/c22-14-7-10(1-6-16(31)32)8-15(23)18(14)33-9-13-17(30-34-19(13)21(27,28)29)11-2-4-12(5-3-11)20(24,25)26/h2-5,7-8,16,31-32H,1,6,9H2. The molecule has 2 N–H and O–H groups in total. The Balaban J connectivity index is 1.92. The first-order valence-electron chi connectivity index (χ1n) is 9.47. The molecule has 0 saturated heterocycles. The summed E-state index contributed by atoms with van der Waals surface area (Å²) in [6, 6.07) is 4.91. The number of halogens is 8. The average molecular weight is 513 g/mol. The highest BCUT2D eigenvalue weighted by Gasteiger charge is 2.38. The van der Waals surface area contributed by atoms with Gasteiger partial charge in [0.05, 0.1) is 11.3 Å². The Hall–Kier alpha value is -2.77. The molecule has 1 heterocycles. The van der Waals surface area contributed by atoms with E-state index in [1.807, 2.05) is 0 Å². The molecule has 0 spiro atoms. The Kier molecular flexibility index (Phi) is 7.48. The molecule has 0 bridgehead atoms. The number of rotatable bonds is 7. The van der Waals surface area contributed by atoms with Gasteiger partial charge in [-0.3, -0.25) is 0 Å². The van der Waals surface area contributed by atoms with E-state index in [2.05, 4.69) is 4.37 Å². The van der Waals surface area contributed by atoms with E-state index < -0.39 is 58.6 Å². The molecule has 3 aromatic rings. The molecule has 0 atom stereocenters. The molecule has 0 unspecified atom stereocenters. The SMILES string of the molecule is OC(O)CCc1cc(F)c(OCc2c(-c3ccc(C(F)(F)F)cc3)nsc2C(F)(F)F)c(F)c1. The van der Waals surface area contributed by atoms with Crippen molar-refractivity contribution in [1.82, 2.24) is 4.37 Å². The van der Waals surface area contributed by atoms with Gasteiger partial charge >= 0.3 is 12.4 Å².